The summed E-state index contributed by atoms with van der Waals surface area (Å²) < 4.78 is 6.84. The number of benzene rings is 2. The van der Waals surface area contributed by atoms with E-state index < -0.39 is 5.56 Å². The summed E-state index contributed by atoms with van der Waals surface area (Å²) in [5.74, 6) is -0.352. The average Bonchev–Trinajstić information content (AvgIpc) is 3.00. The van der Waals surface area contributed by atoms with Crippen molar-refractivity contribution in [3.05, 3.63) is 69.7 Å². The zero-order valence-corrected chi connectivity index (χ0v) is 14.6. The third-order valence-electron chi connectivity index (χ3n) is 4.14. The molecule has 1 N–H and O–H groups in total. The zero-order chi connectivity index (χ0) is 18.3. The van der Waals surface area contributed by atoms with E-state index in [1.54, 1.807) is 18.2 Å². The molecule has 2 aromatic carbocycles. The average molecular weight is 368 g/mol. The van der Waals surface area contributed by atoms with Crippen molar-refractivity contribution in [1.29, 1.82) is 0 Å². The molecule has 0 unspecified atom stereocenters. The lowest BCUT2D eigenvalue weighted by molar-refractivity contribution is -0.116. The van der Waals surface area contributed by atoms with Gasteiger partial charge < -0.3 is 9.73 Å². The number of para-hydroxylation sites is 1. The molecule has 0 saturated heterocycles. The topological polar surface area (TPSA) is 77.1 Å². The number of nitrogens with one attached hydrogen (secondary N) is 1. The van der Waals surface area contributed by atoms with Crippen LogP contribution in [-0.4, -0.2) is 15.5 Å². The molecule has 0 aliphatic heterocycles. The van der Waals surface area contributed by atoms with Gasteiger partial charge in [-0.2, -0.15) is 0 Å². The Bertz CT molecular complexity index is 1210. The van der Waals surface area contributed by atoms with Crippen molar-refractivity contribution in [2.45, 2.75) is 13.5 Å². The van der Waals surface area contributed by atoms with Crippen molar-refractivity contribution in [2.75, 3.05) is 5.32 Å². The lowest BCUT2D eigenvalue weighted by Gasteiger charge is -2.09. The highest BCUT2D eigenvalue weighted by molar-refractivity contribution is 6.31. The van der Waals surface area contributed by atoms with Crippen LogP contribution in [0.2, 0.25) is 5.02 Å². The summed E-state index contributed by atoms with van der Waals surface area (Å²) in [7, 11) is 0. The maximum Gasteiger partial charge on any atom is 0.297 e. The second kappa shape index (κ2) is 6.31. The molecule has 2 aromatic heterocycles. The quantitative estimate of drug-likeness (QED) is 0.598. The minimum atomic E-state index is -0.399. The second-order valence-corrected chi connectivity index (χ2v) is 6.40. The first-order chi connectivity index (χ1) is 12.5. The predicted molar refractivity (Wildman–Crippen MR) is 101 cm³/mol. The van der Waals surface area contributed by atoms with E-state index in [4.69, 9.17) is 16.0 Å². The number of fused-ring (bicyclic) bond motifs is 3. The van der Waals surface area contributed by atoms with Crippen molar-refractivity contribution < 1.29 is 9.21 Å². The van der Waals surface area contributed by atoms with Crippen LogP contribution >= 0.6 is 11.6 Å². The summed E-state index contributed by atoms with van der Waals surface area (Å²) in [5, 5.41) is 4.05. The van der Waals surface area contributed by atoms with Crippen molar-refractivity contribution in [3.8, 4) is 0 Å². The molecule has 26 heavy (non-hydrogen) atoms. The summed E-state index contributed by atoms with van der Waals surface area (Å²) in [4.78, 5) is 29.3. The Balaban J connectivity index is 1.65. The molecule has 0 aliphatic rings. The van der Waals surface area contributed by atoms with E-state index in [9.17, 15) is 9.59 Å². The van der Waals surface area contributed by atoms with Crippen molar-refractivity contribution in [2.24, 2.45) is 0 Å². The maximum atomic E-state index is 12.6. The zero-order valence-electron chi connectivity index (χ0n) is 13.8. The Morgan fingerprint density at radius 3 is 2.92 bits per heavy atom. The van der Waals surface area contributed by atoms with Gasteiger partial charge in [0, 0.05) is 16.1 Å². The Hall–Kier alpha value is -3.12. The molecule has 7 heteroatoms. The number of amides is 1. The van der Waals surface area contributed by atoms with Gasteiger partial charge in [-0.05, 0) is 36.8 Å². The number of carbonyl (C=O) groups excluding carboxylic acids is 1. The van der Waals surface area contributed by atoms with Gasteiger partial charge in [-0.1, -0.05) is 29.8 Å². The van der Waals surface area contributed by atoms with Crippen LogP contribution in [0.4, 0.5) is 5.69 Å². The second-order valence-electron chi connectivity index (χ2n) is 5.96. The molecular formula is C19H14ClN3O3. The maximum absolute atomic E-state index is 12.6. The Morgan fingerprint density at radius 1 is 1.27 bits per heavy atom. The Kier molecular flexibility index (Phi) is 3.97. The number of anilines is 1. The van der Waals surface area contributed by atoms with Gasteiger partial charge in [0.05, 0.1) is 6.33 Å². The lowest BCUT2D eigenvalue weighted by atomic mass is 10.2. The van der Waals surface area contributed by atoms with E-state index in [1.165, 1.54) is 10.9 Å². The fraction of sp³-hybridized carbons (Fsp3) is 0.105. The minimum absolute atomic E-state index is 0.139. The van der Waals surface area contributed by atoms with Crippen LogP contribution in [0, 0.1) is 6.92 Å². The fourth-order valence-electron chi connectivity index (χ4n) is 2.80. The van der Waals surface area contributed by atoms with Crippen LogP contribution < -0.4 is 10.9 Å². The highest BCUT2D eigenvalue weighted by atomic mass is 35.5. The smallest absolute Gasteiger partial charge is 0.297 e. The first-order valence-electron chi connectivity index (χ1n) is 7.95. The highest BCUT2D eigenvalue weighted by Gasteiger charge is 2.15. The number of nitrogens with zero attached hydrogens (tertiary/aromatic N) is 2. The summed E-state index contributed by atoms with van der Waals surface area (Å²) in [6.07, 6.45) is 1.36. The molecule has 0 aliphatic carbocycles. The van der Waals surface area contributed by atoms with Crippen LogP contribution in [-0.2, 0) is 11.3 Å². The fourth-order valence-corrected chi connectivity index (χ4v) is 2.97. The van der Waals surface area contributed by atoms with E-state index in [2.05, 4.69) is 10.3 Å². The SMILES string of the molecule is Cc1ccc(Cl)cc1NC(=O)Cn1cnc2c(oc3ccccc32)c1=O. The van der Waals surface area contributed by atoms with Crippen molar-refractivity contribution in [1.82, 2.24) is 9.55 Å². The standard InChI is InChI=1S/C19H14ClN3O3/c1-11-6-7-12(20)8-14(11)22-16(24)9-23-10-21-17-13-4-2-3-5-15(13)26-18(17)19(23)25/h2-8,10H,9H2,1H3,(H,22,24). The molecule has 0 bridgehead atoms. The molecule has 6 nitrogen and oxygen atoms in total. The number of halogens is 1. The Morgan fingerprint density at radius 2 is 2.08 bits per heavy atom. The summed E-state index contributed by atoms with van der Waals surface area (Å²) >= 11 is 5.96. The highest BCUT2D eigenvalue weighted by Crippen LogP contribution is 2.24. The summed E-state index contributed by atoms with van der Waals surface area (Å²) in [5.41, 5.74) is 2.30. The molecular weight excluding hydrogens is 354 g/mol. The van der Waals surface area contributed by atoms with Crippen LogP contribution in [0.5, 0.6) is 0 Å². The van der Waals surface area contributed by atoms with Gasteiger partial charge in [-0.15, -0.1) is 0 Å². The summed E-state index contributed by atoms with van der Waals surface area (Å²) in [6.45, 7) is 1.69. The number of hydrogen-bond acceptors (Lipinski definition) is 4. The summed E-state index contributed by atoms with van der Waals surface area (Å²) in [6, 6.07) is 12.5. The predicted octanol–water partition coefficient (Wildman–Crippen LogP) is 3.74. The third-order valence-corrected chi connectivity index (χ3v) is 4.37. The molecule has 4 aromatic rings. The van der Waals surface area contributed by atoms with Gasteiger partial charge in [-0.3, -0.25) is 14.2 Å². The van der Waals surface area contributed by atoms with Crippen LogP contribution in [0.15, 0.2) is 58.0 Å². The van der Waals surface area contributed by atoms with Gasteiger partial charge in [0.25, 0.3) is 5.56 Å². The van der Waals surface area contributed by atoms with E-state index in [0.717, 1.165) is 10.9 Å². The largest absolute Gasteiger partial charge is 0.448 e. The number of furan rings is 1. The molecule has 0 fully saturated rings. The van der Waals surface area contributed by atoms with Crippen molar-refractivity contribution in [3.63, 3.8) is 0 Å². The van der Waals surface area contributed by atoms with Gasteiger partial charge in [0.2, 0.25) is 11.5 Å². The number of hydrogen-bond donors (Lipinski definition) is 1. The normalized spacial score (nSPS) is 11.2. The third kappa shape index (κ3) is 2.84. The van der Waals surface area contributed by atoms with Gasteiger partial charge in [0.1, 0.15) is 17.6 Å². The van der Waals surface area contributed by atoms with Gasteiger partial charge in [0.15, 0.2) is 0 Å². The molecule has 2 heterocycles. The van der Waals surface area contributed by atoms with Crippen LogP contribution in [0.1, 0.15) is 5.56 Å². The van der Waals surface area contributed by atoms with Crippen molar-refractivity contribution >= 4 is 45.3 Å². The van der Waals surface area contributed by atoms with Crippen LogP contribution in [0.3, 0.4) is 0 Å². The van der Waals surface area contributed by atoms with Gasteiger partial charge >= 0.3 is 0 Å². The number of aromatic nitrogens is 2. The molecule has 0 radical (unpaired) electrons. The van der Waals surface area contributed by atoms with Gasteiger partial charge in [-0.25, -0.2) is 4.98 Å². The van der Waals surface area contributed by atoms with E-state index >= 15 is 0 Å². The molecule has 130 valence electrons. The Labute approximate surface area is 153 Å². The number of aryl methyl sites for hydroxylation is 1. The monoisotopic (exact) mass is 367 g/mol. The number of carbonyl (C=O) groups is 1. The first-order valence-corrected chi connectivity index (χ1v) is 8.33. The molecule has 4 rings (SSSR count). The number of rotatable bonds is 3. The van der Waals surface area contributed by atoms with E-state index in [1.807, 2.05) is 31.2 Å². The molecule has 0 atom stereocenters. The van der Waals surface area contributed by atoms with E-state index in [0.29, 0.717) is 21.8 Å². The lowest BCUT2D eigenvalue weighted by Crippen LogP contribution is -2.27. The van der Waals surface area contributed by atoms with Crippen LogP contribution in [0.25, 0.3) is 22.1 Å². The molecule has 0 saturated carbocycles. The molecule has 0 spiro atoms. The first kappa shape index (κ1) is 16.4. The minimum Gasteiger partial charge on any atom is -0.448 e. The molecule has 1 amide bonds. The van der Waals surface area contributed by atoms with E-state index in [-0.39, 0.29) is 18.0 Å².